The van der Waals surface area contributed by atoms with Crippen LogP contribution in [0.2, 0.25) is 0 Å². The summed E-state index contributed by atoms with van der Waals surface area (Å²) < 4.78 is 31.2. The number of carbonyl (C=O) groups is 1. The third-order valence-corrected chi connectivity index (χ3v) is 2.71. The quantitative estimate of drug-likeness (QED) is 0.724. The number of ether oxygens (including phenoxy) is 1. The maximum Gasteiger partial charge on any atom is 0.338 e. The number of esters is 1. The molecular weight excluding hydrogens is 214 g/mol. The summed E-state index contributed by atoms with van der Waals surface area (Å²) in [4.78, 5) is 11.5. The van der Waals surface area contributed by atoms with Crippen molar-refractivity contribution in [2.75, 3.05) is 0 Å². The molecule has 4 heteroatoms. The van der Waals surface area contributed by atoms with Crippen molar-refractivity contribution in [2.45, 2.75) is 31.3 Å². The third kappa shape index (κ3) is 2.21. The predicted octanol–water partition coefficient (Wildman–Crippen LogP) is 3.03. The van der Waals surface area contributed by atoms with Gasteiger partial charge in [-0.3, -0.25) is 0 Å². The average Bonchev–Trinajstić information content (AvgIpc) is 2.59. The van der Waals surface area contributed by atoms with Gasteiger partial charge in [0.15, 0.2) is 6.10 Å². The Morgan fingerprint density at radius 1 is 1.31 bits per heavy atom. The number of hydrogen-bond acceptors (Lipinski definition) is 2. The van der Waals surface area contributed by atoms with Crippen LogP contribution in [0.1, 0.15) is 29.6 Å². The molecule has 1 aliphatic carbocycles. The summed E-state index contributed by atoms with van der Waals surface area (Å²) in [5.74, 6) is -3.54. The van der Waals surface area contributed by atoms with Crippen molar-refractivity contribution in [3.05, 3.63) is 35.9 Å². The SMILES string of the molecule is O=C(O[C@@H]1CCCC1(F)F)c1ccccc1. The molecule has 0 spiro atoms. The van der Waals surface area contributed by atoms with Crippen molar-refractivity contribution in [3.63, 3.8) is 0 Å². The van der Waals surface area contributed by atoms with Crippen LogP contribution < -0.4 is 0 Å². The van der Waals surface area contributed by atoms with Crippen LogP contribution in [0.15, 0.2) is 30.3 Å². The second-order valence-corrected chi connectivity index (χ2v) is 3.91. The molecule has 0 unspecified atom stereocenters. The highest BCUT2D eigenvalue weighted by Gasteiger charge is 2.46. The Morgan fingerprint density at radius 2 is 2.00 bits per heavy atom. The summed E-state index contributed by atoms with van der Waals surface area (Å²) in [6.45, 7) is 0. The zero-order chi connectivity index (χ0) is 11.6. The van der Waals surface area contributed by atoms with E-state index in [0.717, 1.165) is 0 Å². The average molecular weight is 226 g/mol. The molecule has 1 fully saturated rings. The van der Waals surface area contributed by atoms with Gasteiger partial charge in [-0.15, -0.1) is 0 Å². The van der Waals surface area contributed by atoms with Gasteiger partial charge in [-0.25, -0.2) is 13.6 Å². The summed E-state index contributed by atoms with van der Waals surface area (Å²) in [6, 6.07) is 8.19. The first-order chi connectivity index (χ1) is 7.59. The Bertz CT molecular complexity index is 376. The van der Waals surface area contributed by atoms with Crippen LogP contribution >= 0.6 is 0 Å². The lowest BCUT2D eigenvalue weighted by molar-refractivity contribution is -0.0944. The van der Waals surface area contributed by atoms with Gasteiger partial charge >= 0.3 is 5.97 Å². The minimum atomic E-state index is -2.87. The van der Waals surface area contributed by atoms with Crippen molar-refractivity contribution in [2.24, 2.45) is 0 Å². The van der Waals surface area contributed by atoms with E-state index in [1.54, 1.807) is 30.3 Å². The number of alkyl halides is 2. The molecule has 1 aromatic carbocycles. The summed E-state index contributed by atoms with van der Waals surface area (Å²) in [7, 11) is 0. The van der Waals surface area contributed by atoms with Crippen molar-refractivity contribution in [1.82, 2.24) is 0 Å². The molecule has 16 heavy (non-hydrogen) atoms. The fourth-order valence-electron chi connectivity index (χ4n) is 1.81. The number of rotatable bonds is 2. The highest BCUT2D eigenvalue weighted by molar-refractivity contribution is 5.89. The van der Waals surface area contributed by atoms with Crippen LogP contribution in [0.5, 0.6) is 0 Å². The van der Waals surface area contributed by atoms with Gasteiger partial charge in [-0.05, 0) is 25.0 Å². The van der Waals surface area contributed by atoms with E-state index >= 15 is 0 Å². The summed E-state index contributed by atoms with van der Waals surface area (Å²) in [5.41, 5.74) is 0.310. The Kier molecular flexibility index (Phi) is 2.90. The van der Waals surface area contributed by atoms with E-state index in [0.29, 0.717) is 12.0 Å². The number of carbonyl (C=O) groups excluding carboxylic acids is 1. The fourth-order valence-corrected chi connectivity index (χ4v) is 1.81. The first kappa shape index (κ1) is 11.0. The molecule has 86 valence electrons. The van der Waals surface area contributed by atoms with E-state index in [1.165, 1.54) is 0 Å². The maximum atomic E-state index is 13.2. The Morgan fingerprint density at radius 3 is 2.56 bits per heavy atom. The smallest absolute Gasteiger partial charge is 0.338 e. The fraction of sp³-hybridized carbons (Fsp3) is 0.417. The van der Waals surface area contributed by atoms with E-state index < -0.39 is 18.0 Å². The topological polar surface area (TPSA) is 26.3 Å². The zero-order valence-corrected chi connectivity index (χ0v) is 8.66. The molecule has 1 atom stereocenters. The van der Waals surface area contributed by atoms with Crippen molar-refractivity contribution in [3.8, 4) is 0 Å². The van der Waals surface area contributed by atoms with Gasteiger partial charge in [0.05, 0.1) is 5.56 Å². The molecule has 0 aliphatic heterocycles. The number of hydrogen-bond donors (Lipinski definition) is 0. The molecule has 1 aromatic rings. The van der Waals surface area contributed by atoms with Gasteiger partial charge < -0.3 is 4.74 Å². The molecule has 0 N–H and O–H groups in total. The molecule has 1 aliphatic rings. The molecule has 0 radical (unpaired) electrons. The summed E-state index contributed by atoms with van der Waals surface area (Å²) >= 11 is 0. The molecule has 0 amide bonds. The van der Waals surface area contributed by atoms with E-state index in [2.05, 4.69) is 0 Å². The van der Waals surface area contributed by atoms with E-state index in [4.69, 9.17) is 4.74 Å². The largest absolute Gasteiger partial charge is 0.452 e. The lowest BCUT2D eigenvalue weighted by Gasteiger charge is -2.19. The lowest BCUT2D eigenvalue weighted by atomic mass is 10.2. The maximum absolute atomic E-state index is 13.2. The Balaban J connectivity index is 2.03. The van der Waals surface area contributed by atoms with Crippen molar-refractivity contribution >= 4 is 5.97 Å². The zero-order valence-electron chi connectivity index (χ0n) is 8.66. The van der Waals surface area contributed by atoms with Crippen LogP contribution in [0.25, 0.3) is 0 Å². The standard InChI is InChI=1S/C12H12F2O2/c13-12(14)8-4-7-10(12)16-11(15)9-5-2-1-3-6-9/h1-3,5-6,10H,4,7-8H2/t10-/m1/s1. The van der Waals surface area contributed by atoms with Crippen molar-refractivity contribution in [1.29, 1.82) is 0 Å². The monoisotopic (exact) mass is 226 g/mol. The van der Waals surface area contributed by atoms with Gasteiger partial charge in [0.25, 0.3) is 5.92 Å². The van der Waals surface area contributed by atoms with E-state index in [-0.39, 0.29) is 12.8 Å². The van der Waals surface area contributed by atoms with Crippen LogP contribution in [0.4, 0.5) is 8.78 Å². The second kappa shape index (κ2) is 4.20. The van der Waals surface area contributed by atoms with E-state index in [1.807, 2.05) is 0 Å². The van der Waals surface area contributed by atoms with Crippen LogP contribution in [0, 0.1) is 0 Å². The number of benzene rings is 1. The molecular formula is C12H12F2O2. The summed E-state index contributed by atoms with van der Waals surface area (Å²) in [5, 5.41) is 0. The number of halogens is 2. The highest BCUT2D eigenvalue weighted by atomic mass is 19.3. The normalized spacial score (nSPS) is 23.0. The third-order valence-electron chi connectivity index (χ3n) is 2.71. The van der Waals surface area contributed by atoms with Crippen LogP contribution in [-0.2, 0) is 4.74 Å². The van der Waals surface area contributed by atoms with Crippen molar-refractivity contribution < 1.29 is 18.3 Å². The van der Waals surface area contributed by atoms with Gasteiger partial charge in [0, 0.05) is 6.42 Å². The molecule has 0 heterocycles. The van der Waals surface area contributed by atoms with Crippen LogP contribution in [-0.4, -0.2) is 18.0 Å². The van der Waals surface area contributed by atoms with Gasteiger partial charge in [0.1, 0.15) is 0 Å². The van der Waals surface area contributed by atoms with Gasteiger partial charge in [-0.1, -0.05) is 18.2 Å². The predicted molar refractivity (Wildman–Crippen MR) is 54.4 cm³/mol. The minimum absolute atomic E-state index is 0.195. The molecule has 0 aromatic heterocycles. The molecule has 0 bridgehead atoms. The second-order valence-electron chi connectivity index (χ2n) is 3.91. The van der Waals surface area contributed by atoms with Gasteiger partial charge in [0.2, 0.25) is 0 Å². The highest BCUT2D eigenvalue weighted by Crippen LogP contribution is 2.37. The molecule has 0 saturated heterocycles. The summed E-state index contributed by atoms with van der Waals surface area (Å²) in [6.07, 6.45) is -0.814. The Hall–Kier alpha value is -1.45. The first-order valence-electron chi connectivity index (χ1n) is 5.23. The first-order valence-corrected chi connectivity index (χ1v) is 5.23. The molecule has 1 saturated carbocycles. The minimum Gasteiger partial charge on any atom is -0.452 e. The van der Waals surface area contributed by atoms with Gasteiger partial charge in [-0.2, -0.15) is 0 Å². The Labute approximate surface area is 92.2 Å². The van der Waals surface area contributed by atoms with Crippen LogP contribution in [0.3, 0.4) is 0 Å². The lowest BCUT2D eigenvalue weighted by Crippen LogP contribution is -2.32. The molecule has 2 rings (SSSR count). The molecule has 2 nitrogen and oxygen atoms in total. The van der Waals surface area contributed by atoms with E-state index in [9.17, 15) is 13.6 Å².